The number of methoxy groups -OCH3 is 1. The molecule has 0 saturated carbocycles. The molecule has 8 heteroatoms. The first-order valence-corrected chi connectivity index (χ1v) is 8.82. The molecule has 1 aliphatic rings. The molecule has 0 saturated heterocycles. The summed E-state index contributed by atoms with van der Waals surface area (Å²) in [7, 11) is 1.60. The van der Waals surface area contributed by atoms with Gasteiger partial charge >= 0.3 is 0 Å². The summed E-state index contributed by atoms with van der Waals surface area (Å²) in [5.74, 6) is 0.983. The summed E-state index contributed by atoms with van der Waals surface area (Å²) in [5, 5.41) is 9.93. The minimum Gasteiger partial charge on any atom is -0.497 e. The van der Waals surface area contributed by atoms with Crippen LogP contribution in [0, 0.1) is 6.92 Å². The van der Waals surface area contributed by atoms with E-state index < -0.39 is 6.04 Å². The lowest BCUT2D eigenvalue weighted by molar-refractivity contribution is -0.123. The summed E-state index contributed by atoms with van der Waals surface area (Å²) in [6.07, 6.45) is -0.0296. The van der Waals surface area contributed by atoms with Crippen LogP contribution in [0.1, 0.15) is 18.0 Å². The monoisotopic (exact) mass is 377 g/mol. The van der Waals surface area contributed by atoms with Gasteiger partial charge in [0, 0.05) is 11.3 Å². The van der Waals surface area contributed by atoms with E-state index >= 15 is 0 Å². The van der Waals surface area contributed by atoms with Crippen LogP contribution < -0.4 is 15.4 Å². The number of carbonyl (C=O) groups excluding carboxylic acids is 2. The number of nitrogens with zero attached hydrogens (tertiary/aromatic N) is 3. The molecule has 0 unspecified atom stereocenters. The number of anilines is 2. The van der Waals surface area contributed by atoms with Crippen molar-refractivity contribution >= 4 is 23.5 Å². The van der Waals surface area contributed by atoms with Crippen LogP contribution in [0.3, 0.4) is 0 Å². The van der Waals surface area contributed by atoms with Crippen molar-refractivity contribution in [2.24, 2.45) is 0 Å². The third-order valence-electron chi connectivity index (χ3n) is 4.49. The smallest absolute Gasteiger partial charge is 0.252 e. The largest absolute Gasteiger partial charge is 0.497 e. The van der Waals surface area contributed by atoms with Gasteiger partial charge in [-0.25, -0.2) is 4.68 Å². The second-order valence-electron chi connectivity index (χ2n) is 6.56. The summed E-state index contributed by atoms with van der Waals surface area (Å²) >= 11 is 0. The maximum Gasteiger partial charge on any atom is 0.252 e. The van der Waals surface area contributed by atoms with Crippen LogP contribution >= 0.6 is 0 Å². The van der Waals surface area contributed by atoms with Crippen LogP contribution in [0.25, 0.3) is 11.4 Å². The molecule has 0 aliphatic carbocycles. The first-order chi connectivity index (χ1) is 13.5. The van der Waals surface area contributed by atoms with Gasteiger partial charge in [-0.15, -0.1) is 5.10 Å². The van der Waals surface area contributed by atoms with Gasteiger partial charge in [0.1, 0.15) is 11.8 Å². The molecule has 0 fully saturated rings. The maximum absolute atomic E-state index is 12.4. The molecule has 4 rings (SSSR count). The van der Waals surface area contributed by atoms with Crippen molar-refractivity contribution < 1.29 is 14.3 Å². The number of rotatable bonds is 5. The van der Waals surface area contributed by atoms with E-state index in [0.29, 0.717) is 17.5 Å². The Morgan fingerprint density at radius 3 is 2.75 bits per heavy atom. The number of carbonyl (C=O) groups is 2. The molecule has 142 valence electrons. The highest BCUT2D eigenvalue weighted by molar-refractivity contribution is 6.01. The lowest BCUT2D eigenvalue weighted by Crippen LogP contribution is -2.23. The van der Waals surface area contributed by atoms with E-state index in [1.165, 1.54) is 4.68 Å². The molecule has 2 N–H and O–H groups in total. The summed E-state index contributed by atoms with van der Waals surface area (Å²) in [6, 6.07) is 14.1. The van der Waals surface area contributed by atoms with Gasteiger partial charge < -0.3 is 10.1 Å². The average molecular weight is 377 g/mol. The molecule has 1 aromatic heterocycles. The number of amides is 2. The average Bonchev–Trinajstić information content (AvgIpc) is 3.20. The van der Waals surface area contributed by atoms with Gasteiger partial charge in [-0.05, 0) is 48.9 Å². The predicted molar refractivity (Wildman–Crippen MR) is 104 cm³/mol. The summed E-state index contributed by atoms with van der Waals surface area (Å²) in [5.41, 5.74) is 2.53. The van der Waals surface area contributed by atoms with E-state index in [-0.39, 0.29) is 18.2 Å². The number of ether oxygens (including phenoxy) is 1. The van der Waals surface area contributed by atoms with Crippen molar-refractivity contribution in [2.75, 3.05) is 17.7 Å². The number of hydrogen-bond acceptors (Lipinski definition) is 5. The summed E-state index contributed by atoms with van der Waals surface area (Å²) < 4.78 is 6.62. The van der Waals surface area contributed by atoms with Gasteiger partial charge in [-0.3, -0.25) is 14.9 Å². The molecule has 0 spiro atoms. The molecule has 2 aromatic carbocycles. The molecule has 2 heterocycles. The van der Waals surface area contributed by atoms with E-state index in [1.807, 2.05) is 55.5 Å². The van der Waals surface area contributed by atoms with E-state index in [9.17, 15) is 9.59 Å². The first-order valence-electron chi connectivity index (χ1n) is 8.82. The number of benzene rings is 2. The van der Waals surface area contributed by atoms with Crippen LogP contribution in [-0.4, -0.2) is 33.7 Å². The minimum absolute atomic E-state index is 0.0296. The number of aromatic nitrogens is 3. The Morgan fingerprint density at radius 1 is 1.25 bits per heavy atom. The van der Waals surface area contributed by atoms with E-state index in [1.54, 1.807) is 7.11 Å². The Labute approximate surface area is 161 Å². The van der Waals surface area contributed by atoms with Gasteiger partial charge in [0.25, 0.3) is 5.91 Å². The second-order valence-corrected chi connectivity index (χ2v) is 6.56. The van der Waals surface area contributed by atoms with Crippen LogP contribution in [0.5, 0.6) is 5.75 Å². The number of hydrogen-bond donors (Lipinski definition) is 2. The Bertz CT molecular complexity index is 1040. The molecule has 0 bridgehead atoms. The number of nitrogens with one attached hydrogen (secondary N) is 2. The van der Waals surface area contributed by atoms with Crippen molar-refractivity contribution in [3.8, 4) is 17.1 Å². The molecule has 1 atom stereocenters. The third kappa shape index (κ3) is 3.44. The van der Waals surface area contributed by atoms with Crippen LogP contribution in [-0.2, 0) is 9.59 Å². The normalized spacial score (nSPS) is 15.1. The number of fused-ring (bicyclic) bond motifs is 1. The fraction of sp³-hybridized carbons (Fsp3) is 0.200. The second kappa shape index (κ2) is 7.15. The Kier molecular flexibility index (Phi) is 4.52. The van der Waals surface area contributed by atoms with Gasteiger partial charge in [0.05, 0.1) is 13.5 Å². The first kappa shape index (κ1) is 17.7. The predicted octanol–water partition coefficient (Wildman–Crippen LogP) is 2.78. The molecular formula is C20H19N5O3. The molecule has 1 aliphatic heterocycles. The van der Waals surface area contributed by atoms with E-state index in [2.05, 4.69) is 20.7 Å². The van der Waals surface area contributed by atoms with Crippen molar-refractivity contribution in [3.63, 3.8) is 0 Å². The van der Waals surface area contributed by atoms with Gasteiger partial charge in [-0.2, -0.15) is 4.98 Å². The van der Waals surface area contributed by atoms with Gasteiger partial charge in [0.2, 0.25) is 11.9 Å². The zero-order valence-corrected chi connectivity index (χ0v) is 15.5. The third-order valence-corrected chi connectivity index (χ3v) is 4.49. The summed E-state index contributed by atoms with van der Waals surface area (Å²) in [6.45, 7) is 1.95. The standard InChI is InChI=1S/C20H19N5O3/c1-12-4-3-5-14(10-12)21-17(26)11-16-19(27)23-20-22-18(24-25(16)20)13-6-8-15(28-2)9-7-13/h3-10,16H,11H2,1-2H3,(H,21,26)(H,22,23,24,27)/t16-/m0/s1. The topological polar surface area (TPSA) is 98.1 Å². The Morgan fingerprint density at radius 2 is 2.04 bits per heavy atom. The highest BCUT2D eigenvalue weighted by atomic mass is 16.5. The lowest BCUT2D eigenvalue weighted by atomic mass is 10.2. The molecule has 8 nitrogen and oxygen atoms in total. The summed E-state index contributed by atoms with van der Waals surface area (Å²) in [4.78, 5) is 29.0. The maximum atomic E-state index is 12.4. The van der Waals surface area contributed by atoms with Crippen LogP contribution in [0.4, 0.5) is 11.6 Å². The Balaban J connectivity index is 1.51. The fourth-order valence-corrected chi connectivity index (χ4v) is 3.08. The molecular weight excluding hydrogens is 358 g/mol. The quantitative estimate of drug-likeness (QED) is 0.712. The van der Waals surface area contributed by atoms with Crippen LogP contribution in [0.15, 0.2) is 48.5 Å². The molecule has 28 heavy (non-hydrogen) atoms. The molecule has 2 amide bonds. The lowest BCUT2D eigenvalue weighted by Gasteiger charge is -2.10. The van der Waals surface area contributed by atoms with Gasteiger partial charge in [0.15, 0.2) is 5.82 Å². The van der Waals surface area contributed by atoms with E-state index in [4.69, 9.17) is 4.74 Å². The SMILES string of the molecule is COc1ccc(-c2nc3n(n2)[C@@H](CC(=O)Nc2cccc(C)c2)C(=O)N3)cc1. The van der Waals surface area contributed by atoms with Crippen molar-refractivity contribution in [1.82, 2.24) is 14.8 Å². The minimum atomic E-state index is -0.737. The highest BCUT2D eigenvalue weighted by Crippen LogP contribution is 2.29. The number of aryl methyl sites for hydroxylation is 1. The van der Waals surface area contributed by atoms with Crippen molar-refractivity contribution in [2.45, 2.75) is 19.4 Å². The van der Waals surface area contributed by atoms with Gasteiger partial charge in [-0.1, -0.05) is 12.1 Å². The van der Waals surface area contributed by atoms with Crippen molar-refractivity contribution in [3.05, 3.63) is 54.1 Å². The molecule has 3 aromatic rings. The highest BCUT2D eigenvalue weighted by Gasteiger charge is 2.35. The molecule has 0 radical (unpaired) electrons. The zero-order valence-electron chi connectivity index (χ0n) is 15.5. The fourth-order valence-electron chi connectivity index (χ4n) is 3.08. The van der Waals surface area contributed by atoms with E-state index in [0.717, 1.165) is 16.9 Å². The van der Waals surface area contributed by atoms with Crippen molar-refractivity contribution in [1.29, 1.82) is 0 Å². The zero-order chi connectivity index (χ0) is 19.7. The van der Waals surface area contributed by atoms with Crippen LogP contribution in [0.2, 0.25) is 0 Å². The Hall–Kier alpha value is -3.68.